The molecule has 2 saturated heterocycles. The molecule has 5 atom stereocenters. The van der Waals surface area contributed by atoms with Gasteiger partial charge in [0.1, 0.15) is 0 Å². The van der Waals surface area contributed by atoms with E-state index in [0.717, 1.165) is 23.8 Å². The molecule has 3 heterocycles. The molecule has 4 rings (SSSR count). The van der Waals surface area contributed by atoms with Crippen LogP contribution in [0.1, 0.15) is 45.1 Å². The van der Waals surface area contributed by atoms with Crippen LogP contribution in [0.4, 0.5) is 4.39 Å². The summed E-state index contributed by atoms with van der Waals surface area (Å²) in [6.45, 7) is 4.15. The molecule has 0 radical (unpaired) electrons. The molecule has 2 fully saturated rings. The molecule has 11 nitrogen and oxygen atoms in total. The van der Waals surface area contributed by atoms with E-state index in [-0.39, 0.29) is 6.54 Å². The van der Waals surface area contributed by atoms with Crippen LogP contribution in [0.25, 0.3) is 0 Å². The van der Waals surface area contributed by atoms with Crippen LogP contribution in [0.15, 0.2) is 46.1 Å². The number of carbonyl (C=O) groups is 1. The van der Waals surface area contributed by atoms with Crippen molar-refractivity contribution in [2.75, 3.05) is 13.2 Å². The van der Waals surface area contributed by atoms with Gasteiger partial charge in [-0.05, 0) is 0 Å². The maximum absolute atomic E-state index is 16.1. The van der Waals surface area contributed by atoms with Crippen LogP contribution in [-0.2, 0) is 18.6 Å². The van der Waals surface area contributed by atoms with Gasteiger partial charge in [0, 0.05) is 0 Å². The van der Waals surface area contributed by atoms with Crippen molar-refractivity contribution >= 4 is 25.0 Å². The molecule has 0 aliphatic carbocycles. The molecule has 204 valence electrons. The number of alkyl halides is 1. The summed E-state index contributed by atoms with van der Waals surface area (Å²) in [7, 11) is -4.77. The Labute approximate surface area is 216 Å². The number of halogens is 2. The topological polar surface area (TPSA) is 158 Å². The Morgan fingerprint density at radius 1 is 1.41 bits per heavy atom. The summed E-state index contributed by atoms with van der Waals surface area (Å²) in [6.07, 6.45) is -2.79. The Balaban J connectivity index is 1.61. The molecule has 0 spiro atoms. The van der Waals surface area contributed by atoms with Gasteiger partial charge in [-0.3, -0.25) is 0 Å². The summed E-state index contributed by atoms with van der Waals surface area (Å²) in [4.78, 5) is 51.9. The van der Waals surface area contributed by atoms with Crippen molar-refractivity contribution in [3.63, 3.8) is 0 Å². The van der Waals surface area contributed by atoms with E-state index >= 15 is 4.39 Å². The Hall–Kier alpha value is -2.18. The van der Waals surface area contributed by atoms with Gasteiger partial charge in [0.2, 0.25) is 0 Å². The molecule has 2 aliphatic heterocycles. The fraction of sp³-hybridized carbons (Fsp3) is 0.522. The molecule has 0 bridgehead atoms. The Morgan fingerprint density at radius 3 is 2.76 bits per heavy atom. The number of aromatic nitrogens is 2. The summed E-state index contributed by atoms with van der Waals surface area (Å²) in [5.41, 5.74) is -3.86. The number of nitrogens with one attached hydrogen (secondary N) is 2. The van der Waals surface area contributed by atoms with E-state index in [0.29, 0.717) is 10.6 Å². The predicted molar refractivity (Wildman–Crippen MR) is 133 cm³/mol. The maximum atomic E-state index is 16.1. The summed E-state index contributed by atoms with van der Waals surface area (Å²) < 4.78 is 34.8. The zero-order valence-electron chi connectivity index (χ0n) is 20.5. The molecule has 1 aromatic carbocycles. The number of hydrogen-bond donors (Lipinski definition) is 2. The third-order valence-electron chi connectivity index (χ3n) is 6.95. The van der Waals surface area contributed by atoms with Gasteiger partial charge in [-0.1, -0.05) is 0 Å². The molecule has 0 amide bonds. The van der Waals surface area contributed by atoms with Gasteiger partial charge in [0.25, 0.3) is 0 Å². The van der Waals surface area contributed by atoms with Crippen molar-refractivity contribution < 1.29 is 33.0 Å². The Bertz CT molecular complexity index is 1300. The molecule has 14 heteroatoms. The SMILES string of the molecule is CC(C)P1([O-])(OC[C@@H]2O[C@@H](n3ccc(=O)[nH]c3=O)[C@](C)(F)[C@@H]2CC(=O)[OH2+])NC[C@@H](c2cccc(Cl)c2)O1. The normalized spacial score (nSPS) is 31.7. The second-order valence-corrected chi connectivity index (χ2v) is 13.9. The van der Waals surface area contributed by atoms with Crippen LogP contribution >= 0.6 is 19.0 Å². The predicted octanol–water partition coefficient (Wildman–Crippen LogP) is 1.43. The Morgan fingerprint density at radius 2 is 2.14 bits per heavy atom. The van der Waals surface area contributed by atoms with Gasteiger partial charge >= 0.3 is 217 Å². The van der Waals surface area contributed by atoms with E-state index < -0.39 is 73.4 Å². The number of nitrogens with zero attached hydrogens (tertiary/aromatic N) is 1. The zero-order chi connectivity index (χ0) is 27.2. The molecule has 2 aromatic rings. The van der Waals surface area contributed by atoms with Crippen LogP contribution in [0.2, 0.25) is 5.02 Å². The molecule has 2 aliphatic rings. The first-order valence-corrected chi connectivity index (χ1v) is 14.2. The standard InChI is InChI=1S/C23H29ClFN3O8P/c1-13(2)37(33,26-11-17(36-37)14-5-4-6-15(24)9-14)34-12-18-16(10-20(30)31)23(3,25)21(35-18)28-8-7-19(29)27-22(28)32/h4-9,13,16-18,21,26H,10-12H2,1-3H3,(H,30,31)(H,27,29,32)/q-1/p+1/t16-,17+,18+,21-,23-/m1/s1. The number of H-pyrrole nitrogens is 1. The number of carbonyl (C=O) groups excluding carboxylic acids is 1. The summed E-state index contributed by atoms with van der Waals surface area (Å²) in [6, 6.07) is 7.95. The van der Waals surface area contributed by atoms with E-state index in [9.17, 15) is 19.3 Å². The van der Waals surface area contributed by atoms with Crippen LogP contribution in [-0.4, -0.2) is 51.2 Å². The average molecular weight is 562 g/mol. The third kappa shape index (κ3) is 5.24. The van der Waals surface area contributed by atoms with Gasteiger partial charge in [-0.25, -0.2) is 0 Å². The quantitative estimate of drug-likeness (QED) is 0.362. The van der Waals surface area contributed by atoms with Crippen molar-refractivity contribution in [1.82, 2.24) is 14.6 Å². The number of rotatable bonds is 8. The van der Waals surface area contributed by atoms with E-state index in [4.69, 9.17) is 30.5 Å². The van der Waals surface area contributed by atoms with Crippen molar-refractivity contribution in [3.8, 4) is 0 Å². The Kier molecular flexibility index (Phi) is 7.41. The fourth-order valence-corrected chi connectivity index (χ4v) is 7.70. The van der Waals surface area contributed by atoms with Crippen molar-refractivity contribution in [3.05, 3.63) is 68.0 Å². The van der Waals surface area contributed by atoms with Gasteiger partial charge in [-0.2, -0.15) is 0 Å². The molecule has 0 unspecified atom stereocenters. The minimum atomic E-state index is -4.77. The second kappa shape index (κ2) is 9.85. The summed E-state index contributed by atoms with van der Waals surface area (Å²) >= 11 is 6.09. The van der Waals surface area contributed by atoms with Gasteiger partial charge < -0.3 is 0 Å². The molecule has 1 aromatic heterocycles. The summed E-state index contributed by atoms with van der Waals surface area (Å²) in [5, 5.41) is 10.8. The first kappa shape index (κ1) is 27.8. The van der Waals surface area contributed by atoms with E-state index in [1.165, 1.54) is 0 Å². The fourth-order valence-electron chi connectivity index (χ4n) is 4.77. The number of ether oxygens (including phenoxy) is 1. The number of aromatic amines is 1. The first-order chi connectivity index (χ1) is 17.2. The van der Waals surface area contributed by atoms with Gasteiger partial charge in [0.15, 0.2) is 0 Å². The number of hydrogen-bond acceptors (Lipinski definition) is 8. The van der Waals surface area contributed by atoms with Crippen molar-refractivity contribution in [1.29, 1.82) is 0 Å². The molecule has 4 N–H and O–H groups in total. The number of benzene rings is 1. The molecule has 37 heavy (non-hydrogen) atoms. The van der Waals surface area contributed by atoms with Gasteiger partial charge in [0.05, 0.1) is 0 Å². The van der Waals surface area contributed by atoms with Crippen molar-refractivity contribution in [2.24, 2.45) is 5.92 Å². The molecular formula is C23H30ClFN3O8P. The monoisotopic (exact) mass is 561 g/mol. The average Bonchev–Trinajstić information content (AvgIpc) is 3.29. The van der Waals surface area contributed by atoms with Crippen LogP contribution < -0.4 is 21.2 Å². The van der Waals surface area contributed by atoms with Gasteiger partial charge in [-0.15, -0.1) is 0 Å². The van der Waals surface area contributed by atoms with Crippen molar-refractivity contribution in [2.45, 2.75) is 57.0 Å². The molecular weight excluding hydrogens is 532 g/mol. The zero-order valence-corrected chi connectivity index (χ0v) is 22.1. The van der Waals surface area contributed by atoms with E-state index in [1.807, 2.05) is 4.98 Å². The van der Waals surface area contributed by atoms with E-state index in [2.05, 4.69) is 5.09 Å². The molecule has 0 saturated carbocycles. The van der Waals surface area contributed by atoms with Crippen LogP contribution in [0.5, 0.6) is 0 Å². The van der Waals surface area contributed by atoms with E-state index in [1.54, 1.807) is 38.1 Å². The van der Waals surface area contributed by atoms with Crippen LogP contribution in [0, 0.1) is 5.92 Å². The minimum absolute atomic E-state index is 0.163. The first-order valence-electron chi connectivity index (χ1n) is 11.7. The van der Waals surface area contributed by atoms with Crippen LogP contribution in [0.3, 0.4) is 0 Å². The third-order valence-corrected chi connectivity index (χ3v) is 11.0. The summed E-state index contributed by atoms with van der Waals surface area (Å²) in [5.74, 6) is -2.26. The second-order valence-electron chi connectivity index (χ2n) is 9.77.